The Labute approximate surface area is 148 Å². The second-order valence-corrected chi connectivity index (χ2v) is 8.19. The zero-order valence-electron chi connectivity index (χ0n) is 16.2. The molecule has 2 atom stereocenters. The van der Waals surface area contributed by atoms with Crippen LogP contribution in [0.3, 0.4) is 0 Å². The molecule has 136 valence electrons. The predicted octanol–water partition coefficient (Wildman–Crippen LogP) is 3.63. The van der Waals surface area contributed by atoms with Crippen LogP contribution in [0.5, 0.6) is 5.75 Å². The third kappa shape index (κ3) is 5.78. The van der Waals surface area contributed by atoms with Crippen LogP contribution in [-0.2, 0) is 11.3 Å². The van der Waals surface area contributed by atoms with Gasteiger partial charge in [0, 0.05) is 12.2 Å². The van der Waals surface area contributed by atoms with E-state index >= 15 is 0 Å². The highest BCUT2D eigenvalue weighted by Crippen LogP contribution is 2.37. The van der Waals surface area contributed by atoms with Crippen molar-refractivity contribution in [3.05, 3.63) is 29.8 Å². The molecule has 1 fully saturated rings. The Balaban J connectivity index is 1.79. The van der Waals surface area contributed by atoms with E-state index in [2.05, 4.69) is 45.1 Å². The highest BCUT2D eigenvalue weighted by molar-refractivity contribution is 5.26. The molecule has 1 heterocycles. The fraction of sp³-hybridized carbons (Fsp3) is 0.714. The Morgan fingerprint density at radius 2 is 1.96 bits per heavy atom. The number of ether oxygens (including phenoxy) is 2. The van der Waals surface area contributed by atoms with Gasteiger partial charge in [-0.25, -0.2) is 0 Å². The molecule has 24 heavy (non-hydrogen) atoms. The predicted molar refractivity (Wildman–Crippen MR) is 99.2 cm³/mol. The van der Waals surface area contributed by atoms with Gasteiger partial charge in [-0.1, -0.05) is 13.8 Å². The van der Waals surface area contributed by atoms with Crippen LogP contribution in [0, 0.1) is 17.8 Å². The number of nitrogens with two attached hydrogens (primary N) is 1. The van der Waals surface area contributed by atoms with Gasteiger partial charge in [0.05, 0.1) is 19.3 Å². The lowest BCUT2D eigenvalue weighted by atomic mass is 9.73. The van der Waals surface area contributed by atoms with Gasteiger partial charge in [-0.2, -0.15) is 0 Å². The molecule has 3 nitrogen and oxygen atoms in total. The second kappa shape index (κ2) is 8.87. The van der Waals surface area contributed by atoms with Gasteiger partial charge >= 0.3 is 0 Å². The van der Waals surface area contributed by atoms with Crippen molar-refractivity contribution in [3.8, 4) is 5.75 Å². The molecule has 0 aliphatic carbocycles. The number of hydrogen-bond donors (Lipinski definition) is 1. The minimum Gasteiger partial charge on any atom is -0.497 e. The van der Waals surface area contributed by atoms with Gasteiger partial charge in [0.2, 0.25) is 0 Å². The smallest absolute Gasteiger partial charge is 0.118 e. The molecule has 0 spiro atoms. The number of methoxy groups -OCH3 is 1. The molecule has 0 radical (unpaired) electrons. The summed E-state index contributed by atoms with van der Waals surface area (Å²) in [5.41, 5.74) is 1.42. The summed E-state index contributed by atoms with van der Waals surface area (Å²) in [5, 5.41) is 2.45. The van der Waals surface area contributed by atoms with Crippen molar-refractivity contribution in [1.82, 2.24) is 0 Å². The molecule has 2 N–H and O–H groups in total. The lowest BCUT2D eigenvalue weighted by Crippen LogP contribution is -2.82. The molecule has 0 amide bonds. The Hall–Kier alpha value is -1.06. The first-order valence-corrected chi connectivity index (χ1v) is 9.50. The number of quaternary nitrogens is 1. The molecular weight excluding hydrogens is 298 g/mol. The molecule has 1 aliphatic heterocycles. The maximum absolute atomic E-state index is 5.91. The van der Waals surface area contributed by atoms with Crippen LogP contribution >= 0.6 is 0 Å². The average Bonchev–Trinajstić information content (AvgIpc) is 2.54. The summed E-state index contributed by atoms with van der Waals surface area (Å²) in [6.07, 6.45) is 3.73. The SMILES string of the molecule is COc1ccc(C[NH2+]CC[C@H](C(C)C)[C@@H]2CCOC(C)(C)C2)cc1. The first kappa shape index (κ1) is 19.3. The quantitative estimate of drug-likeness (QED) is 0.737. The van der Waals surface area contributed by atoms with E-state index < -0.39 is 0 Å². The number of benzene rings is 1. The van der Waals surface area contributed by atoms with E-state index in [9.17, 15) is 0 Å². The molecule has 1 aliphatic rings. The van der Waals surface area contributed by atoms with Crippen LogP contribution in [0.4, 0.5) is 0 Å². The highest BCUT2D eigenvalue weighted by atomic mass is 16.5. The van der Waals surface area contributed by atoms with Gasteiger partial charge in [-0.05, 0) is 75.1 Å². The fourth-order valence-electron chi connectivity index (χ4n) is 4.10. The minimum atomic E-state index is 0.0584. The van der Waals surface area contributed by atoms with Crippen molar-refractivity contribution in [2.24, 2.45) is 17.8 Å². The molecule has 3 heteroatoms. The third-order valence-corrected chi connectivity index (χ3v) is 5.44. The largest absolute Gasteiger partial charge is 0.497 e. The summed E-state index contributed by atoms with van der Waals surface area (Å²) in [7, 11) is 1.71. The molecular formula is C21H36NO2+. The number of rotatable bonds is 8. The van der Waals surface area contributed by atoms with Crippen molar-refractivity contribution < 1.29 is 14.8 Å². The summed E-state index contributed by atoms with van der Waals surface area (Å²) >= 11 is 0. The van der Waals surface area contributed by atoms with E-state index in [1.807, 2.05) is 12.1 Å². The Bertz CT molecular complexity index is 481. The lowest BCUT2D eigenvalue weighted by Gasteiger charge is -2.40. The second-order valence-electron chi connectivity index (χ2n) is 8.19. The standard InChI is InChI=1S/C21H35NO2/c1-16(2)20(18-11-13-24-21(3,4)14-18)10-12-22-15-17-6-8-19(23-5)9-7-17/h6-9,16,18,20,22H,10-15H2,1-5H3/p+1/t18-,20-/m1/s1. The van der Waals surface area contributed by atoms with Crippen molar-refractivity contribution >= 4 is 0 Å². The number of hydrogen-bond acceptors (Lipinski definition) is 2. The first-order chi connectivity index (χ1) is 11.4. The van der Waals surface area contributed by atoms with E-state index in [-0.39, 0.29) is 5.60 Å². The zero-order chi connectivity index (χ0) is 17.6. The van der Waals surface area contributed by atoms with Gasteiger partial charge in [0.15, 0.2) is 0 Å². The van der Waals surface area contributed by atoms with E-state index in [0.29, 0.717) is 0 Å². The molecule has 1 saturated heterocycles. The van der Waals surface area contributed by atoms with Crippen LogP contribution in [-0.4, -0.2) is 25.9 Å². The van der Waals surface area contributed by atoms with E-state index in [1.165, 1.54) is 31.4 Å². The van der Waals surface area contributed by atoms with Gasteiger partial charge in [-0.15, -0.1) is 0 Å². The van der Waals surface area contributed by atoms with Crippen LogP contribution in [0.2, 0.25) is 0 Å². The molecule has 2 rings (SSSR count). The molecule has 1 aromatic carbocycles. The molecule has 0 saturated carbocycles. The van der Waals surface area contributed by atoms with Gasteiger partial charge in [0.1, 0.15) is 12.3 Å². The maximum atomic E-state index is 5.91. The van der Waals surface area contributed by atoms with Crippen molar-refractivity contribution in [2.75, 3.05) is 20.3 Å². The molecule has 0 unspecified atom stereocenters. The van der Waals surface area contributed by atoms with Crippen LogP contribution in [0.1, 0.15) is 52.5 Å². The van der Waals surface area contributed by atoms with Gasteiger partial charge < -0.3 is 14.8 Å². The topological polar surface area (TPSA) is 35.1 Å². The van der Waals surface area contributed by atoms with Crippen molar-refractivity contribution in [1.29, 1.82) is 0 Å². The normalized spacial score (nSPS) is 21.7. The summed E-state index contributed by atoms with van der Waals surface area (Å²) in [4.78, 5) is 0. The third-order valence-electron chi connectivity index (χ3n) is 5.44. The van der Waals surface area contributed by atoms with E-state index in [1.54, 1.807) is 7.11 Å². The summed E-state index contributed by atoms with van der Waals surface area (Å²) in [6.45, 7) is 12.4. The Morgan fingerprint density at radius 3 is 2.54 bits per heavy atom. The Morgan fingerprint density at radius 1 is 1.25 bits per heavy atom. The van der Waals surface area contributed by atoms with E-state index in [4.69, 9.17) is 9.47 Å². The Kier molecular flexibility index (Phi) is 7.12. The van der Waals surface area contributed by atoms with Crippen LogP contribution in [0.15, 0.2) is 24.3 Å². The summed E-state index contributed by atoms with van der Waals surface area (Å²) < 4.78 is 11.1. The van der Waals surface area contributed by atoms with E-state index in [0.717, 1.165) is 36.7 Å². The molecule has 0 aromatic heterocycles. The minimum absolute atomic E-state index is 0.0584. The summed E-state index contributed by atoms with van der Waals surface area (Å²) in [6, 6.07) is 8.42. The van der Waals surface area contributed by atoms with Crippen molar-refractivity contribution in [3.63, 3.8) is 0 Å². The maximum Gasteiger partial charge on any atom is 0.118 e. The van der Waals surface area contributed by atoms with Crippen LogP contribution in [0.25, 0.3) is 0 Å². The average molecular weight is 335 g/mol. The van der Waals surface area contributed by atoms with Crippen molar-refractivity contribution in [2.45, 2.75) is 59.1 Å². The van der Waals surface area contributed by atoms with Gasteiger partial charge in [0.25, 0.3) is 0 Å². The monoisotopic (exact) mass is 334 g/mol. The molecule has 1 aromatic rings. The first-order valence-electron chi connectivity index (χ1n) is 9.50. The highest BCUT2D eigenvalue weighted by Gasteiger charge is 2.34. The van der Waals surface area contributed by atoms with Crippen LogP contribution < -0.4 is 10.1 Å². The zero-order valence-corrected chi connectivity index (χ0v) is 16.2. The van der Waals surface area contributed by atoms with Gasteiger partial charge in [-0.3, -0.25) is 0 Å². The fourth-order valence-corrected chi connectivity index (χ4v) is 4.10. The lowest BCUT2D eigenvalue weighted by molar-refractivity contribution is -0.671. The molecule has 0 bridgehead atoms. The summed E-state index contributed by atoms with van der Waals surface area (Å²) in [5.74, 6) is 3.29.